The SMILES string of the molecule is C#CCOc1c(C)ccc(-c2ccccc2)c1C. The molecule has 90 valence electrons. The van der Waals surface area contributed by atoms with Gasteiger partial charge in [0.25, 0.3) is 0 Å². The maximum Gasteiger partial charge on any atom is 0.148 e. The van der Waals surface area contributed by atoms with Crippen LogP contribution in [0.1, 0.15) is 11.1 Å². The fourth-order valence-electron chi connectivity index (χ4n) is 2.09. The maximum absolute atomic E-state index is 5.64. The topological polar surface area (TPSA) is 9.23 Å². The number of terminal acetylenes is 1. The molecule has 0 fully saturated rings. The third-order valence-electron chi connectivity index (χ3n) is 2.99. The lowest BCUT2D eigenvalue weighted by Gasteiger charge is -2.14. The van der Waals surface area contributed by atoms with Crippen molar-refractivity contribution in [2.24, 2.45) is 0 Å². The molecule has 0 heterocycles. The Labute approximate surface area is 108 Å². The molecular weight excluding hydrogens is 220 g/mol. The number of hydrogen-bond acceptors (Lipinski definition) is 1. The molecule has 0 radical (unpaired) electrons. The van der Waals surface area contributed by atoms with Crippen molar-refractivity contribution in [3.05, 3.63) is 53.6 Å². The molecule has 2 rings (SSSR count). The summed E-state index contributed by atoms with van der Waals surface area (Å²) in [7, 11) is 0. The second-order valence-corrected chi connectivity index (χ2v) is 4.24. The maximum atomic E-state index is 5.64. The molecule has 0 unspecified atom stereocenters. The van der Waals surface area contributed by atoms with Crippen LogP contribution in [0.4, 0.5) is 0 Å². The van der Waals surface area contributed by atoms with Crippen LogP contribution in [0.25, 0.3) is 11.1 Å². The molecule has 0 aliphatic carbocycles. The standard InChI is InChI=1S/C17H16O/c1-4-12-18-17-13(2)10-11-16(14(17)3)15-8-6-5-7-9-15/h1,5-11H,12H2,2-3H3. The first-order valence-electron chi connectivity index (χ1n) is 5.96. The molecule has 0 saturated heterocycles. The molecule has 18 heavy (non-hydrogen) atoms. The van der Waals surface area contributed by atoms with E-state index in [0.717, 1.165) is 16.9 Å². The monoisotopic (exact) mass is 236 g/mol. The molecular formula is C17H16O. The van der Waals surface area contributed by atoms with Gasteiger partial charge in [0.05, 0.1) is 0 Å². The van der Waals surface area contributed by atoms with Crippen molar-refractivity contribution in [2.45, 2.75) is 13.8 Å². The molecule has 1 nitrogen and oxygen atoms in total. The number of ether oxygens (including phenoxy) is 1. The second kappa shape index (κ2) is 5.42. The van der Waals surface area contributed by atoms with Gasteiger partial charge in [-0.15, -0.1) is 6.42 Å². The largest absolute Gasteiger partial charge is 0.480 e. The molecule has 2 aromatic carbocycles. The molecule has 0 aromatic heterocycles. The number of rotatable bonds is 3. The fourth-order valence-corrected chi connectivity index (χ4v) is 2.09. The van der Waals surface area contributed by atoms with Crippen LogP contribution in [0, 0.1) is 26.2 Å². The Balaban J connectivity index is 2.48. The van der Waals surface area contributed by atoms with Crippen molar-refractivity contribution in [3.63, 3.8) is 0 Å². The summed E-state index contributed by atoms with van der Waals surface area (Å²) in [5.41, 5.74) is 4.63. The molecule has 0 aliphatic heterocycles. The summed E-state index contributed by atoms with van der Waals surface area (Å²) < 4.78 is 5.64. The lowest BCUT2D eigenvalue weighted by Crippen LogP contribution is -1.99. The average Bonchev–Trinajstić information content (AvgIpc) is 2.40. The fraction of sp³-hybridized carbons (Fsp3) is 0.176. The summed E-state index contributed by atoms with van der Waals surface area (Å²) in [6.45, 7) is 4.41. The van der Waals surface area contributed by atoms with Crippen LogP contribution in [-0.4, -0.2) is 6.61 Å². The van der Waals surface area contributed by atoms with E-state index in [1.807, 2.05) is 25.1 Å². The van der Waals surface area contributed by atoms with Crippen molar-refractivity contribution >= 4 is 0 Å². The van der Waals surface area contributed by atoms with Gasteiger partial charge in [-0.3, -0.25) is 0 Å². The van der Waals surface area contributed by atoms with Gasteiger partial charge in [0.15, 0.2) is 0 Å². The summed E-state index contributed by atoms with van der Waals surface area (Å²) in [4.78, 5) is 0. The number of hydrogen-bond donors (Lipinski definition) is 0. The van der Waals surface area contributed by atoms with Crippen molar-refractivity contribution in [1.82, 2.24) is 0 Å². The van der Waals surface area contributed by atoms with E-state index in [9.17, 15) is 0 Å². The minimum absolute atomic E-state index is 0.305. The molecule has 0 N–H and O–H groups in total. The zero-order chi connectivity index (χ0) is 13.0. The first kappa shape index (κ1) is 12.3. The molecule has 0 atom stereocenters. The lowest BCUT2D eigenvalue weighted by molar-refractivity contribution is 0.365. The van der Waals surface area contributed by atoms with E-state index in [4.69, 9.17) is 11.2 Å². The van der Waals surface area contributed by atoms with E-state index in [1.54, 1.807) is 0 Å². The van der Waals surface area contributed by atoms with Crippen molar-refractivity contribution in [3.8, 4) is 29.2 Å². The van der Waals surface area contributed by atoms with Gasteiger partial charge < -0.3 is 4.74 Å². The minimum atomic E-state index is 0.305. The van der Waals surface area contributed by atoms with Gasteiger partial charge in [0.1, 0.15) is 12.4 Å². The molecule has 0 bridgehead atoms. The van der Waals surface area contributed by atoms with Gasteiger partial charge in [-0.05, 0) is 36.1 Å². The van der Waals surface area contributed by atoms with E-state index in [1.165, 1.54) is 11.1 Å². The van der Waals surface area contributed by atoms with Crippen molar-refractivity contribution in [2.75, 3.05) is 6.61 Å². The van der Waals surface area contributed by atoms with Crippen molar-refractivity contribution in [1.29, 1.82) is 0 Å². The van der Waals surface area contributed by atoms with E-state index in [2.05, 4.69) is 37.1 Å². The molecule has 0 amide bonds. The smallest absolute Gasteiger partial charge is 0.148 e. The number of aryl methyl sites for hydroxylation is 1. The minimum Gasteiger partial charge on any atom is -0.480 e. The van der Waals surface area contributed by atoms with Crippen LogP contribution in [0.3, 0.4) is 0 Å². The molecule has 0 aliphatic rings. The Hall–Kier alpha value is -2.20. The zero-order valence-electron chi connectivity index (χ0n) is 10.7. The summed E-state index contributed by atoms with van der Waals surface area (Å²) in [5.74, 6) is 3.41. The van der Waals surface area contributed by atoms with Gasteiger partial charge in [-0.25, -0.2) is 0 Å². The average molecular weight is 236 g/mol. The molecule has 1 heteroatoms. The van der Waals surface area contributed by atoms with Crippen LogP contribution in [0.15, 0.2) is 42.5 Å². The second-order valence-electron chi connectivity index (χ2n) is 4.24. The van der Waals surface area contributed by atoms with Gasteiger partial charge >= 0.3 is 0 Å². The van der Waals surface area contributed by atoms with E-state index < -0.39 is 0 Å². The molecule has 0 saturated carbocycles. The first-order chi connectivity index (χ1) is 8.74. The third kappa shape index (κ3) is 2.38. The van der Waals surface area contributed by atoms with Gasteiger partial charge in [-0.2, -0.15) is 0 Å². The molecule has 0 spiro atoms. The summed E-state index contributed by atoms with van der Waals surface area (Å²) in [5, 5.41) is 0. The highest BCUT2D eigenvalue weighted by Gasteiger charge is 2.09. The van der Waals surface area contributed by atoms with E-state index >= 15 is 0 Å². The van der Waals surface area contributed by atoms with Gasteiger partial charge in [0, 0.05) is 0 Å². The number of benzene rings is 2. The summed E-state index contributed by atoms with van der Waals surface area (Å²) in [6.07, 6.45) is 5.25. The highest BCUT2D eigenvalue weighted by molar-refractivity contribution is 5.70. The normalized spacial score (nSPS) is 9.83. The Kier molecular flexibility index (Phi) is 3.69. The van der Waals surface area contributed by atoms with Gasteiger partial charge in [-0.1, -0.05) is 48.4 Å². The molecule has 2 aromatic rings. The van der Waals surface area contributed by atoms with Crippen LogP contribution in [0.5, 0.6) is 5.75 Å². The summed E-state index contributed by atoms with van der Waals surface area (Å²) in [6, 6.07) is 14.5. The Morgan fingerprint density at radius 1 is 1.06 bits per heavy atom. The summed E-state index contributed by atoms with van der Waals surface area (Å²) >= 11 is 0. The predicted molar refractivity (Wildman–Crippen MR) is 75.7 cm³/mol. The van der Waals surface area contributed by atoms with E-state index in [0.29, 0.717) is 6.61 Å². The lowest BCUT2D eigenvalue weighted by atomic mass is 9.98. The van der Waals surface area contributed by atoms with Crippen LogP contribution >= 0.6 is 0 Å². The first-order valence-corrected chi connectivity index (χ1v) is 5.96. The van der Waals surface area contributed by atoms with Crippen LogP contribution in [-0.2, 0) is 0 Å². The van der Waals surface area contributed by atoms with Crippen LogP contribution in [0.2, 0.25) is 0 Å². The zero-order valence-corrected chi connectivity index (χ0v) is 10.7. The predicted octanol–water partition coefficient (Wildman–Crippen LogP) is 3.98. The van der Waals surface area contributed by atoms with Gasteiger partial charge in [0.2, 0.25) is 0 Å². The highest BCUT2D eigenvalue weighted by Crippen LogP contribution is 2.32. The quantitative estimate of drug-likeness (QED) is 0.732. The Bertz CT molecular complexity index is 577. The Morgan fingerprint density at radius 2 is 1.78 bits per heavy atom. The van der Waals surface area contributed by atoms with Crippen LogP contribution < -0.4 is 4.74 Å². The van der Waals surface area contributed by atoms with E-state index in [-0.39, 0.29) is 0 Å². The third-order valence-corrected chi connectivity index (χ3v) is 2.99. The Morgan fingerprint density at radius 3 is 2.44 bits per heavy atom. The highest BCUT2D eigenvalue weighted by atomic mass is 16.5. The van der Waals surface area contributed by atoms with Crippen molar-refractivity contribution < 1.29 is 4.74 Å².